The van der Waals surface area contributed by atoms with E-state index in [0.29, 0.717) is 0 Å². The van der Waals surface area contributed by atoms with Crippen molar-refractivity contribution in [3.05, 3.63) is 35.9 Å². The molecule has 1 aromatic rings. The Morgan fingerprint density at radius 2 is 2.00 bits per heavy atom. The summed E-state index contributed by atoms with van der Waals surface area (Å²) in [7, 11) is 0. The van der Waals surface area contributed by atoms with Crippen LogP contribution in [0.4, 0.5) is 0 Å². The van der Waals surface area contributed by atoms with Crippen molar-refractivity contribution in [1.29, 1.82) is 0 Å². The predicted octanol–water partition coefficient (Wildman–Crippen LogP) is 2.27. The molecule has 5 atom stereocenters. The molecule has 2 bridgehead atoms. The van der Waals surface area contributed by atoms with Gasteiger partial charge in [-0.15, -0.1) is 0 Å². The molecule has 3 aliphatic rings. The summed E-state index contributed by atoms with van der Waals surface area (Å²) >= 11 is 0. The fourth-order valence-electron chi connectivity index (χ4n) is 3.96. The minimum Gasteiger partial charge on any atom is -0.313 e. The average molecular weight is 242 g/mol. The third-order valence-corrected chi connectivity index (χ3v) is 5.09. The van der Waals surface area contributed by atoms with Crippen molar-refractivity contribution in [2.75, 3.05) is 6.54 Å². The highest BCUT2D eigenvalue weighted by Gasteiger charge is 2.42. The zero-order chi connectivity index (χ0) is 11.9. The first kappa shape index (κ1) is 11.0. The van der Waals surface area contributed by atoms with Crippen molar-refractivity contribution in [3.63, 3.8) is 0 Å². The summed E-state index contributed by atoms with van der Waals surface area (Å²) < 4.78 is 0. The third-order valence-electron chi connectivity index (χ3n) is 5.09. The van der Waals surface area contributed by atoms with Crippen LogP contribution in [0.15, 0.2) is 30.3 Å². The molecule has 3 fully saturated rings. The van der Waals surface area contributed by atoms with Crippen LogP contribution in [0.3, 0.4) is 0 Å². The Bertz CT molecular complexity index is 416. The highest BCUT2D eigenvalue weighted by Crippen LogP contribution is 2.41. The fraction of sp³-hybridized carbons (Fsp3) is 0.625. The van der Waals surface area contributed by atoms with Gasteiger partial charge in [-0.2, -0.15) is 0 Å². The number of fused-ring (bicyclic) bond motifs is 2. The van der Waals surface area contributed by atoms with E-state index in [-0.39, 0.29) is 0 Å². The molecule has 5 unspecified atom stereocenters. The Kier molecular flexibility index (Phi) is 2.66. The Hall–Kier alpha value is -0.860. The van der Waals surface area contributed by atoms with Gasteiger partial charge in [0.05, 0.1) is 0 Å². The summed E-state index contributed by atoms with van der Waals surface area (Å²) in [6, 6.07) is 13.4. The maximum atomic E-state index is 3.79. The molecule has 18 heavy (non-hydrogen) atoms. The van der Waals surface area contributed by atoms with Crippen molar-refractivity contribution in [1.82, 2.24) is 10.6 Å². The lowest BCUT2D eigenvalue weighted by Crippen LogP contribution is -2.33. The minimum atomic E-state index is 0.742. The van der Waals surface area contributed by atoms with E-state index in [9.17, 15) is 0 Å². The third kappa shape index (κ3) is 1.98. The Morgan fingerprint density at radius 3 is 2.72 bits per heavy atom. The van der Waals surface area contributed by atoms with Crippen LogP contribution in [0.2, 0.25) is 0 Å². The minimum absolute atomic E-state index is 0.742. The lowest BCUT2D eigenvalue weighted by atomic mass is 9.89. The van der Waals surface area contributed by atoms with Gasteiger partial charge in [0.1, 0.15) is 0 Å². The molecule has 1 saturated carbocycles. The predicted molar refractivity (Wildman–Crippen MR) is 73.6 cm³/mol. The molecular formula is C16H22N2. The number of rotatable bonds is 4. The Labute approximate surface area is 109 Å². The summed E-state index contributed by atoms with van der Waals surface area (Å²) in [4.78, 5) is 0. The number of hydrogen-bond donors (Lipinski definition) is 2. The molecule has 2 heteroatoms. The normalized spacial score (nSPS) is 41.2. The average Bonchev–Trinajstić information content (AvgIpc) is 2.89. The van der Waals surface area contributed by atoms with Crippen LogP contribution in [0.1, 0.15) is 37.2 Å². The van der Waals surface area contributed by atoms with Crippen LogP contribution in [-0.4, -0.2) is 24.7 Å². The number of hydrogen-bond acceptors (Lipinski definition) is 2. The highest BCUT2D eigenvalue weighted by molar-refractivity contribution is 5.27. The van der Waals surface area contributed by atoms with E-state index in [1.54, 1.807) is 0 Å². The molecule has 2 nitrogen and oxygen atoms in total. The molecule has 2 N–H and O–H groups in total. The van der Waals surface area contributed by atoms with Gasteiger partial charge in [0.2, 0.25) is 0 Å². The fourth-order valence-corrected chi connectivity index (χ4v) is 3.96. The maximum absolute atomic E-state index is 3.79. The summed E-state index contributed by atoms with van der Waals surface area (Å²) in [5.41, 5.74) is 1.51. The van der Waals surface area contributed by atoms with Gasteiger partial charge in [-0.1, -0.05) is 30.3 Å². The van der Waals surface area contributed by atoms with E-state index in [1.807, 2.05) is 0 Å². The largest absolute Gasteiger partial charge is 0.313 e. The van der Waals surface area contributed by atoms with E-state index in [2.05, 4.69) is 41.0 Å². The Balaban J connectivity index is 1.28. The summed E-state index contributed by atoms with van der Waals surface area (Å²) in [5.74, 6) is 1.67. The first-order valence-electron chi connectivity index (χ1n) is 7.44. The van der Waals surface area contributed by atoms with Crippen LogP contribution in [0, 0.1) is 5.92 Å². The summed E-state index contributed by atoms with van der Waals surface area (Å²) in [6.45, 7) is 1.22. The van der Waals surface area contributed by atoms with Crippen LogP contribution in [0.5, 0.6) is 0 Å². The first-order chi connectivity index (χ1) is 8.90. The van der Waals surface area contributed by atoms with Gasteiger partial charge in [-0.3, -0.25) is 0 Å². The van der Waals surface area contributed by atoms with Gasteiger partial charge in [0, 0.05) is 24.0 Å². The van der Waals surface area contributed by atoms with Gasteiger partial charge < -0.3 is 10.6 Å². The topological polar surface area (TPSA) is 24.1 Å². The molecule has 0 spiro atoms. The SMILES string of the molecule is c1ccc(C2CC2NCC2CC3CCC2N3)cc1. The number of benzene rings is 1. The van der Waals surface area contributed by atoms with Crippen molar-refractivity contribution >= 4 is 0 Å². The maximum Gasteiger partial charge on any atom is 0.0143 e. The zero-order valence-corrected chi connectivity index (χ0v) is 10.8. The standard InChI is InChI=1S/C16H22N2/c1-2-4-11(5-3-1)14-9-16(14)17-10-12-8-13-6-7-15(12)18-13/h1-5,12-18H,6-10H2. The van der Waals surface area contributed by atoms with Crippen LogP contribution in [0.25, 0.3) is 0 Å². The van der Waals surface area contributed by atoms with Crippen LogP contribution in [-0.2, 0) is 0 Å². The van der Waals surface area contributed by atoms with Gasteiger partial charge in [-0.25, -0.2) is 0 Å². The molecule has 0 radical (unpaired) electrons. The van der Waals surface area contributed by atoms with Gasteiger partial charge in [0.15, 0.2) is 0 Å². The molecule has 2 saturated heterocycles. The second-order valence-electron chi connectivity index (χ2n) is 6.31. The molecule has 2 heterocycles. The second kappa shape index (κ2) is 4.36. The van der Waals surface area contributed by atoms with Crippen molar-refractivity contribution in [2.45, 2.75) is 49.7 Å². The second-order valence-corrected chi connectivity index (χ2v) is 6.31. The van der Waals surface area contributed by atoms with E-state index >= 15 is 0 Å². The molecule has 1 aliphatic carbocycles. The lowest BCUT2D eigenvalue weighted by Gasteiger charge is -2.20. The van der Waals surface area contributed by atoms with Gasteiger partial charge in [0.25, 0.3) is 0 Å². The molecule has 2 aliphatic heterocycles. The van der Waals surface area contributed by atoms with E-state index in [4.69, 9.17) is 0 Å². The highest BCUT2D eigenvalue weighted by atomic mass is 15.1. The van der Waals surface area contributed by atoms with Crippen molar-refractivity contribution in [2.24, 2.45) is 5.92 Å². The van der Waals surface area contributed by atoms with Gasteiger partial charge in [-0.05, 0) is 43.7 Å². The van der Waals surface area contributed by atoms with E-state index in [0.717, 1.165) is 30.0 Å². The molecule has 4 rings (SSSR count). The van der Waals surface area contributed by atoms with Crippen molar-refractivity contribution < 1.29 is 0 Å². The molecule has 0 aromatic heterocycles. The molecular weight excluding hydrogens is 220 g/mol. The van der Waals surface area contributed by atoms with E-state index < -0.39 is 0 Å². The monoisotopic (exact) mass is 242 g/mol. The van der Waals surface area contributed by atoms with Gasteiger partial charge >= 0.3 is 0 Å². The zero-order valence-electron chi connectivity index (χ0n) is 10.8. The lowest BCUT2D eigenvalue weighted by molar-refractivity contribution is 0.381. The quantitative estimate of drug-likeness (QED) is 0.846. The van der Waals surface area contributed by atoms with E-state index in [1.165, 1.54) is 37.8 Å². The Morgan fingerprint density at radius 1 is 1.11 bits per heavy atom. The molecule has 1 aromatic carbocycles. The first-order valence-corrected chi connectivity index (χ1v) is 7.44. The summed E-state index contributed by atoms with van der Waals surface area (Å²) in [6.07, 6.45) is 5.56. The number of nitrogens with one attached hydrogen (secondary N) is 2. The molecule has 0 amide bonds. The van der Waals surface area contributed by atoms with Crippen LogP contribution < -0.4 is 10.6 Å². The van der Waals surface area contributed by atoms with Crippen molar-refractivity contribution in [3.8, 4) is 0 Å². The molecule has 96 valence electrons. The summed E-state index contributed by atoms with van der Waals surface area (Å²) in [5, 5.41) is 7.52. The smallest absolute Gasteiger partial charge is 0.0143 e. The van der Waals surface area contributed by atoms with Crippen LogP contribution >= 0.6 is 0 Å².